The van der Waals surface area contributed by atoms with Crippen LogP contribution in [0.1, 0.15) is 17.9 Å². The molecule has 1 N–H and O–H groups in total. The van der Waals surface area contributed by atoms with Crippen LogP contribution in [-0.4, -0.2) is 25.7 Å². The molecular weight excluding hydrogens is 209 g/mol. The van der Waals surface area contributed by atoms with Crippen LogP contribution in [0.15, 0.2) is 24.3 Å². The molecule has 1 aromatic rings. The Bertz CT molecular complexity index is 377. The molecule has 1 aliphatic rings. The fourth-order valence-corrected chi connectivity index (χ4v) is 2.15. The van der Waals surface area contributed by atoms with E-state index in [4.69, 9.17) is 4.74 Å². The Morgan fingerprint density at radius 1 is 1.44 bits per heavy atom. The third-order valence-corrected chi connectivity index (χ3v) is 2.98. The number of halogens is 1. The first-order valence-electron chi connectivity index (χ1n) is 5.29. The van der Waals surface area contributed by atoms with Crippen LogP contribution in [0.2, 0.25) is 0 Å². The molecule has 1 aliphatic heterocycles. The van der Waals surface area contributed by atoms with Crippen LogP contribution in [0.3, 0.4) is 0 Å². The Morgan fingerprint density at radius 3 is 2.75 bits per heavy atom. The first-order chi connectivity index (χ1) is 7.72. The van der Waals surface area contributed by atoms with Crippen molar-refractivity contribution in [2.24, 2.45) is 0 Å². The molecule has 3 nitrogen and oxygen atoms in total. The van der Waals surface area contributed by atoms with E-state index >= 15 is 0 Å². The summed E-state index contributed by atoms with van der Waals surface area (Å²) in [7, 11) is 1.38. The lowest BCUT2D eigenvalue weighted by Crippen LogP contribution is -2.35. The van der Waals surface area contributed by atoms with Gasteiger partial charge >= 0.3 is 5.97 Å². The van der Waals surface area contributed by atoms with Gasteiger partial charge in [-0.3, -0.25) is 4.79 Å². The summed E-state index contributed by atoms with van der Waals surface area (Å²) in [6.07, 6.45) is 0.866. The van der Waals surface area contributed by atoms with Gasteiger partial charge in [0, 0.05) is 5.92 Å². The maximum absolute atomic E-state index is 12.8. The number of hydrogen-bond donors (Lipinski definition) is 1. The van der Waals surface area contributed by atoms with Gasteiger partial charge in [-0.05, 0) is 30.7 Å². The van der Waals surface area contributed by atoms with E-state index in [9.17, 15) is 9.18 Å². The lowest BCUT2D eigenvalue weighted by Gasteiger charge is -2.17. The molecule has 0 aliphatic carbocycles. The predicted octanol–water partition coefficient (Wildman–Crippen LogP) is 1.44. The average Bonchev–Trinajstić information content (AvgIpc) is 2.78. The number of benzene rings is 1. The van der Waals surface area contributed by atoms with Crippen LogP contribution in [0.4, 0.5) is 4.39 Å². The highest BCUT2D eigenvalue weighted by atomic mass is 19.1. The van der Waals surface area contributed by atoms with E-state index in [1.165, 1.54) is 19.2 Å². The predicted molar refractivity (Wildman–Crippen MR) is 57.6 cm³/mol. The molecule has 0 saturated carbocycles. The highest BCUT2D eigenvalue weighted by Gasteiger charge is 2.34. The molecule has 0 bridgehead atoms. The number of hydrogen-bond acceptors (Lipinski definition) is 3. The van der Waals surface area contributed by atoms with Crippen molar-refractivity contribution >= 4 is 5.97 Å². The number of esters is 1. The Balaban J connectivity index is 2.19. The maximum Gasteiger partial charge on any atom is 0.323 e. The topological polar surface area (TPSA) is 38.3 Å². The summed E-state index contributed by atoms with van der Waals surface area (Å²) >= 11 is 0. The van der Waals surface area contributed by atoms with E-state index in [-0.39, 0.29) is 23.7 Å². The molecule has 2 rings (SSSR count). The summed E-state index contributed by atoms with van der Waals surface area (Å²) in [5, 5.41) is 3.10. The molecule has 2 atom stereocenters. The molecule has 1 fully saturated rings. The van der Waals surface area contributed by atoms with Crippen LogP contribution >= 0.6 is 0 Å². The summed E-state index contributed by atoms with van der Waals surface area (Å²) in [6.45, 7) is 0.780. The van der Waals surface area contributed by atoms with Gasteiger partial charge < -0.3 is 10.1 Å². The number of rotatable bonds is 2. The lowest BCUT2D eigenvalue weighted by atomic mass is 9.92. The zero-order valence-electron chi connectivity index (χ0n) is 9.07. The highest BCUT2D eigenvalue weighted by molar-refractivity contribution is 5.77. The van der Waals surface area contributed by atoms with Crippen molar-refractivity contribution in [1.82, 2.24) is 5.32 Å². The molecule has 4 heteroatoms. The largest absolute Gasteiger partial charge is 0.468 e. The summed E-state index contributed by atoms with van der Waals surface area (Å²) in [5.74, 6) is -0.441. The zero-order chi connectivity index (χ0) is 11.5. The van der Waals surface area contributed by atoms with Crippen LogP contribution in [0.25, 0.3) is 0 Å². The van der Waals surface area contributed by atoms with Crippen LogP contribution in [-0.2, 0) is 9.53 Å². The standard InChI is InChI=1S/C12H14FNO2/c1-16-12(15)11-10(6-7-14-11)8-2-4-9(13)5-3-8/h2-5,10-11,14H,6-7H2,1H3/t10-,11-/m1/s1. The monoisotopic (exact) mass is 223 g/mol. The van der Waals surface area contributed by atoms with Crippen molar-refractivity contribution in [2.75, 3.05) is 13.7 Å². The van der Waals surface area contributed by atoms with Crippen LogP contribution in [0, 0.1) is 5.82 Å². The Hall–Kier alpha value is -1.42. The van der Waals surface area contributed by atoms with Gasteiger partial charge in [-0.15, -0.1) is 0 Å². The third kappa shape index (κ3) is 2.07. The van der Waals surface area contributed by atoms with Gasteiger partial charge in [0.1, 0.15) is 11.9 Å². The summed E-state index contributed by atoms with van der Waals surface area (Å²) < 4.78 is 17.5. The van der Waals surface area contributed by atoms with Gasteiger partial charge in [0.15, 0.2) is 0 Å². The van der Waals surface area contributed by atoms with Gasteiger partial charge in [0.25, 0.3) is 0 Å². The van der Waals surface area contributed by atoms with Gasteiger partial charge in [0.05, 0.1) is 7.11 Å². The lowest BCUT2D eigenvalue weighted by molar-refractivity contribution is -0.143. The second-order valence-corrected chi connectivity index (χ2v) is 3.90. The van der Waals surface area contributed by atoms with Crippen molar-refractivity contribution in [1.29, 1.82) is 0 Å². The molecule has 0 unspecified atom stereocenters. The normalized spacial score (nSPS) is 24.4. The van der Waals surface area contributed by atoms with Gasteiger partial charge in [-0.25, -0.2) is 4.39 Å². The van der Waals surface area contributed by atoms with Crippen LogP contribution < -0.4 is 5.32 Å². The van der Waals surface area contributed by atoms with E-state index in [1.54, 1.807) is 12.1 Å². The molecule has 1 aromatic carbocycles. The van der Waals surface area contributed by atoms with Crippen molar-refractivity contribution in [2.45, 2.75) is 18.4 Å². The van der Waals surface area contributed by atoms with E-state index < -0.39 is 0 Å². The summed E-state index contributed by atoms with van der Waals surface area (Å²) in [4.78, 5) is 11.5. The molecular formula is C12H14FNO2. The zero-order valence-corrected chi connectivity index (χ0v) is 9.07. The Kier molecular flexibility index (Phi) is 3.19. The van der Waals surface area contributed by atoms with Crippen molar-refractivity contribution in [3.63, 3.8) is 0 Å². The first-order valence-corrected chi connectivity index (χ1v) is 5.29. The van der Waals surface area contributed by atoms with E-state index in [0.29, 0.717) is 0 Å². The third-order valence-electron chi connectivity index (χ3n) is 2.98. The molecule has 0 spiro atoms. The maximum atomic E-state index is 12.8. The minimum absolute atomic E-state index is 0.0769. The fourth-order valence-electron chi connectivity index (χ4n) is 2.15. The molecule has 0 aromatic heterocycles. The fraction of sp³-hybridized carbons (Fsp3) is 0.417. The molecule has 0 amide bonds. The van der Waals surface area contributed by atoms with Crippen molar-refractivity contribution in [3.8, 4) is 0 Å². The second kappa shape index (κ2) is 4.61. The number of carbonyl (C=O) groups excluding carboxylic acids is 1. The first kappa shape index (κ1) is 11.1. The molecule has 16 heavy (non-hydrogen) atoms. The molecule has 1 heterocycles. The van der Waals surface area contributed by atoms with Crippen molar-refractivity contribution in [3.05, 3.63) is 35.6 Å². The van der Waals surface area contributed by atoms with Crippen molar-refractivity contribution < 1.29 is 13.9 Å². The average molecular weight is 223 g/mol. The SMILES string of the molecule is COC(=O)[C@@H]1NCC[C@@H]1c1ccc(F)cc1. The molecule has 1 saturated heterocycles. The van der Waals surface area contributed by atoms with Gasteiger partial charge in [0.2, 0.25) is 0 Å². The van der Waals surface area contributed by atoms with E-state index in [1.807, 2.05) is 0 Å². The van der Waals surface area contributed by atoms with Crippen LogP contribution in [0.5, 0.6) is 0 Å². The Labute approximate surface area is 93.6 Å². The number of ether oxygens (including phenoxy) is 1. The molecule has 0 radical (unpaired) electrons. The Morgan fingerprint density at radius 2 is 2.12 bits per heavy atom. The summed E-state index contributed by atoms with van der Waals surface area (Å²) in [5.41, 5.74) is 0.974. The molecule has 86 valence electrons. The van der Waals surface area contributed by atoms with Gasteiger partial charge in [-0.2, -0.15) is 0 Å². The summed E-state index contributed by atoms with van der Waals surface area (Å²) in [6, 6.07) is 5.98. The second-order valence-electron chi connectivity index (χ2n) is 3.90. The van der Waals surface area contributed by atoms with E-state index in [2.05, 4.69) is 5.32 Å². The van der Waals surface area contributed by atoms with E-state index in [0.717, 1.165) is 18.5 Å². The minimum atomic E-state index is -0.310. The minimum Gasteiger partial charge on any atom is -0.468 e. The number of carbonyl (C=O) groups is 1. The number of nitrogens with one attached hydrogen (secondary N) is 1. The smallest absolute Gasteiger partial charge is 0.323 e. The number of methoxy groups -OCH3 is 1. The quantitative estimate of drug-likeness (QED) is 0.771. The highest BCUT2D eigenvalue weighted by Crippen LogP contribution is 2.28. The van der Waals surface area contributed by atoms with Gasteiger partial charge in [-0.1, -0.05) is 12.1 Å².